The molecular weight excluding hydrogens is 421 g/mol. The Kier molecular flexibility index (Phi) is 7.36. The number of aromatic carboxylic acids is 1. The van der Waals surface area contributed by atoms with E-state index in [4.69, 9.17) is 21.1 Å². The van der Waals surface area contributed by atoms with E-state index in [1.165, 1.54) is 12.1 Å². The number of nitrogens with one attached hydrogen (secondary N) is 1. The zero-order chi connectivity index (χ0) is 22.4. The summed E-state index contributed by atoms with van der Waals surface area (Å²) < 4.78 is 24.7. The number of ether oxygens (including phenoxy) is 2. The number of rotatable bonds is 9. The molecule has 0 unspecified atom stereocenters. The second kappa shape index (κ2) is 10.2. The van der Waals surface area contributed by atoms with Crippen LogP contribution in [0.2, 0.25) is 5.02 Å². The van der Waals surface area contributed by atoms with Gasteiger partial charge in [0.2, 0.25) is 0 Å². The Labute approximate surface area is 185 Å². The highest BCUT2D eigenvalue weighted by atomic mass is 35.5. The van der Waals surface area contributed by atoms with E-state index in [1.807, 2.05) is 13.8 Å². The Morgan fingerprint density at radius 1 is 1.06 bits per heavy atom. The Morgan fingerprint density at radius 2 is 1.77 bits per heavy atom. The first-order chi connectivity index (χ1) is 14.9. The molecule has 0 aliphatic rings. The molecule has 162 valence electrons. The van der Waals surface area contributed by atoms with Crippen molar-refractivity contribution in [3.8, 4) is 11.5 Å². The van der Waals surface area contributed by atoms with Crippen molar-refractivity contribution in [3.05, 3.63) is 87.7 Å². The lowest BCUT2D eigenvalue weighted by Crippen LogP contribution is -2.06. The van der Waals surface area contributed by atoms with Crippen LogP contribution in [0.15, 0.2) is 54.6 Å². The quantitative estimate of drug-likeness (QED) is 0.419. The maximum Gasteiger partial charge on any atom is 0.335 e. The first-order valence-electron chi connectivity index (χ1n) is 9.77. The molecule has 0 aliphatic heterocycles. The molecule has 0 radical (unpaired) electrons. The average molecular weight is 444 g/mol. The summed E-state index contributed by atoms with van der Waals surface area (Å²) in [7, 11) is 0. The molecule has 0 saturated heterocycles. The lowest BCUT2D eigenvalue weighted by atomic mass is 10.1. The van der Waals surface area contributed by atoms with E-state index >= 15 is 0 Å². The third kappa shape index (κ3) is 5.89. The van der Waals surface area contributed by atoms with E-state index in [0.717, 1.165) is 16.7 Å². The fourth-order valence-corrected chi connectivity index (χ4v) is 3.19. The SMILES string of the molecule is CCOc1cc(CNc2cc(C(=O)O)ccc2C)c(Cl)cc1OCc1ccc(F)cc1. The molecule has 0 fully saturated rings. The van der Waals surface area contributed by atoms with Crippen molar-refractivity contribution >= 4 is 23.3 Å². The predicted octanol–water partition coefficient (Wildman–Crippen LogP) is 6.08. The van der Waals surface area contributed by atoms with Crippen molar-refractivity contribution in [2.24, 2.45) is 0 Å². The summed E-state index contributed by atoms with van der Waals surface area (Å²) in [6.45, 7) is 4.84. The largest absolute Gasteiger partial charge is 0.490 e. The highest BCUT2D eigenvalue weighted by molar-refractivity contribution is 6.31. The standard InChI is InChI=1S/C24H23ClFNO4/c1-3-30-22-11-18(13-27-21-10-17(24(28)29)7-4-15(21)2)20(25)12-23(22)31-14-16-5-8-19(26)9-6-16/h4-12,27H,3,13-14H2,1-2H3,(H,28,29). The highest BCUT2D eigenvalue weighted by Gasteiger charge is 2.13. The fraction of sp³-hybridized carbons (Fsp3) is 0.208. The van der Waals surface area contributed by atoms with Gasteiger partial charge in [-0.25, -0.2) is 9.18 Å². The number of halogens is 2. The average Bonchev–Trinajstić information content (AvgIpc) is 2.74. The number of carboxylic acids is 1. The predicted molar refractivity (Wildman–Crippen MR) is 119 cm³/mol. The second-order valence-electron chi connectivity index (χ2n) is 6.93. The molecule has 0 atom stereocenters. The Balaban J connectivity index is 1.77. The highest BCUT2D eigenvalue weighted by Crippen LogP contribution is 2.35. The minimum atomic E-state index is -0.984. The monoisotopic (exact) mass is 443 g/mol. The fourth-order valence-electron chi connectivity index (χ4n) is 2.97. The molecule has 0 amide bonds. The number of carboxylic acid groups (broad SMARTS) is 1. The number of benzene rings is 3. The zero-order valence-corrected chi connectivity index (χ0v) is 18.0. The number of hydrogen-bond acceptors (Lipinski definition) is 4. The van der Waals surface area contributed by atoms with Gasteiger partial charge in [-0.05, 0) is 60.9 Å². The van der Waals surface area contributed by atoms with E-state index in [2.05, 4.69) is 5.32 Å². The first-order valence-corrected chi connectivity index (χ1v) is 10.2. The molecule has 3 aromatic rings. The maximum atomic E-state index is 13.1. The molecule has 0 aliphatic carbocycles. The van der Waals surface area contributed by atoms with Gasteiger partial charge in [-0.1, -0.05) is 29.8 Å². The summed E-state index contributed by atoms with van der Waals surface area (Å²) in [5.41, 5.74) is 3.44. The van der Waals surface area contributed by atoms with Crippen LogP contribution in [0.5, 0.6) is 11.5 Å². The van der Waals surface area contributed by atoms with Crippen LogP contribution in [0.3, 0.4) is 0 Å². The maximum absolute atomic E-state index is 13.1. The van der Waals surface area contributed by atoms with Crippen molar-refractivity contribution < 1.29 is 23.8 Å². The van der Waals surface area contributed by atoms with Gasteiger partial charge in [-0.15, -0.1) is 0 Å². The molecule has 0 bridgehead atoms. The van der Waals surface area contributed by atoms with Gasteiger partial charge in [0, 0.05) is 23.3 Å². The molecule has 0 heterocycles. The van der Waals surface area contributed by atoms with Crippen LogP contribution in [0, 0.1) is 12.7 Å². The van der Waals surface area contributed by atoms with Crippen LogP contribution in [-0.4, -0.2) is 17.7 Å². The molecule has 31 heavy (non-hydrogen) atoms. The number of carbonyl (C=O) groups is 1. The van der Waals surface area contributed by atoms with Crippen LogP contribution in [-0.2, 0) is 13.2 Å². The lowest BCUT2D eigenvalue weighted by Gasteiger charge is -2.16. The summed E-state index contributed by atoms with van der Waals surface area (Å²) in [6, 6.07) is 14.5. The molecule has 7 heteroatoms. The van der Waals surface area contributed by atoms with Crippen LogP contribution in [0.4, 0.5) is 10.1 Å². The Hall–Kier alpha value is -3.25. The third-order valence-electron chi connectivity index (χ3n) is 4.67. The summed E-state index contributed by atoms with van der Waals surface area (Å²) in [5, 5.41) is 12.9. The van der Waals surface area contributed by atoms with Crippen molar-refractivity contribution in [1.29, 1.82) is 0 Å². The van der Waals surface area contributed by atoms with E-state index in [9.17, 15) is 14.3 Å². The van der Waals surface area contributed by atoms with Crippen LogP contribution < -0.4 is 14.8 Å². The van der Waals surface area contributed by atoms with Crippen molar-refractivity contribution in [3.63, 3.8) is 0 Å². The molecule has 3 rings (SSSR count). The zero-order valence-electron chi connectivity index (χ0n) is 17.2. The van der Waals surface area contributed by atoms with E-state index in [1.54, 1.807) is 42.5 Å². The summed E-state index contributed by atoms with van der Waals surface area (Å²) >= 11 is 6.47. The van der Waals surface area contributed by atoms with Crippen molar-refractivity contribution in [2.75, 3.05) is 11.9 Å². The van der Waals surface area contributed by atoms with Crippen LogP contribution in [0.25, 0.3) is 0 Å². The van der Waals surface area contributed by atoms with E-state index in [0.29, 0.717) is 35.4 Å². The smallest absolute Gasteiger partial charge is 0.335 e. The first kappa shape index (κ1) is 22.4. The molecule has 5 nitrogen and oxygen atoms in total. The number of hydrogen-bond donors (Lipinski definition) is 2. The number of anilines is 1. The molecule has 2 N–H and O–H groups in total. The van der Waals surface area contributed by atoms with Gasteiger partial charge in [-0.3, -0.25) is 0 Å². The Bertz CT molecular complexity index is 1070. The Morgan fingerprint density at radius 3 is 2.45 bits per heavy atom. The molecule has 0 spiro atoms. The lowest BCUT2D eigenvalue weighted by molar-refractivity contribution is 0.0697. The summed E-state index contributed by atoms with van der Waals surface area (Å²) in [6.07, 6.45) is 0. The normalized spacial score (nSPS) is 10.6. The molecule has 0 saturated carbocycles. The van der Waals surface area contributed by atoms with Crippen molar-refractivity contribution in [1.82, 2.24) is 0 Å². The molecule has 0 aromatic heterocycles. The van der Waals surface area contributed by atoms with Gasteiger partial charge >= 0.3 is 5.97 Å². The topological polar surface area (TPSA) is 67.8 Å². The van der Waals surface area contributed by atoms with Gasteiger partial charge in [0.05, 0.1) is 12.2 Å². The molecular formula is C24H23ClFNO4. The van der Waals surface area contributed by atoms with Crippen molar-refractivity contribution in [2.45, 2.75) is 27.0 Å². The van der Waals surface area contributed by atoms with E-state index in [-0.39, 0.29) is 18.0 Å². The second-order valence-corrected chi connectivity index (χ2v) is 7.33. The van der Waals surface area contributed by atoms with Crippen LogP contribution in [0.1, 0.15) is 34.0 Å². The van der Waals surface area contributed by atoms with Gasteiger partial charge < -0.3 is 19.9 Å². The van der Waals surface area contributed by atoms with Crippen LogP contribution >= 0.6 is 11.6 Å². The minimum absolute atomic E-state index is 0.207. The van der Waals surface area contributed by atoms with Gasteiger partial charge in [-0.2, -0.15) is 0 Å². The third-order valence-corrected chi connectivity index (χ3v) is 5.03. The van der Waals surface area contributed by atoms with Gasteiger partial charge in [0.25, 0.3) is 0 Å². The summed E-state index contributed by atoms with van der Waals surface area (Å²) in [5.74, 6) is -0.254. The summed E-state index contributed by atoms with van der Waals surface area (Å²) in [4.78, 5) is 11.2. The van der Waals surface area contributed by atoms with E-state index < -0.39 is 5.97 Å². The molecule has 3 aromatic carbocycles. The van der Waals surface area contributed by atoms with Gasteiger partial charge in [0.15, 0.2) is 11.5 Å². The number of aryl methyl sites for hydroxylation is 1. The van der Waals surface area contributed by atoms with Gasteiger partial charge in [0.1, 0.15) is 12.4 Å². The minimum Gasteiger partial charge on any atom is -0.490 e.